The fourth-order valence-corrected chi connectivity index (χ4v) is 7.08. The molecule has 4 rings (SSSR count). The molecular weight excluding hydrogens is 661 g/mol. The Labute approximate surface area is 296 Å². The van der Waals surface area contributed by atoms with Gasteiger partial charge in [-0.05, 0) is 72.5 Å². The van der Waals surface area contributed by atoms with Gasteiger partial charge in [-0.15, -0.1) is 11.8 Å². The smallest absolute Gasteiger partial charge is 0.407 e. The Kier molecular flexibility index (Phi) is 14.2. The van der Waals surface area contributed by atoms with Crippen molar-refractivity contribution < 1.29 is 27.5 Å². The standard InChI is InChI=1S/C37H50N4O6S2/c1-6-27(2)12-10-11-23-48-31-18-15-29(16-19-31)38-36(42)32-24-30(17-20-34(32)40(3)49(5,44)45)41-22-21-33(35(25-41)46-4)39-37(43)47-26-28-13-8-7-9-14-28/h7-9,13-20,24,27,33,35H,6,10-12,21-23,25-26H2,1-5H3,(H,38,42)(H,39,43)/t27-,33+,35+/m1/s1. The predicted molar refractivity (Wildman–Crippen MR) is 199 cm³/mol. The third kappa shape index (κ3) is 11.4. The summed E-state index contributed by atoms with van der Waals surface area (Å²) in [6.07, 6.45) is 5.70. The number of alkyl carbamates (subject to hydrolysis) is 1. The fourth-order valence-electron chi connectivity index (χ4n) is 5.65. The van der Waals surface area contributed by atoms with Crippen LogP contribution >= 0.6 is 11.8 Å². The molecule has 266 valence electrons. The predicted octanol–water partition coefficient (Wildman–Crippen LogP) is 7.16. The monoisotopic (exact) mass is 710 g/mol. The second-order valence-electron chi connectivity index (χ2n) is 12.6. The molecule has 0 bridgehead atoms. The highest BCUT2D eigenvalue weighted by molar-refractivity contribution is 7.99. The number of benzene rings is 3. The lowest BCUT2D eigenvalue weighted by Gasteiger charge is -2.39. The first-order chi connectivity index (χ1) is 23.5. The first kappa shape index (κ1) is 38.1. The number of sulfonamides is 1. The molecule has 3 aromatic carbocycles. The highest BCUT2D eigenvalue weighted by Gasteiger charge is 2.32. The summed E-state index contributed by atoms with van der Waals surface area (Å²) in [6.45, 7) is 5.72. The highest BCUT2D eigenvalue weighted by Crippen LogP contribution is 2.31. The zero-order valence-electron chi connectivity index (χ0n) is 29.2. The van der Waals surface area contributed by atoms with Crippen molar-refractivity contribution in [3.8, 4) is 0 Å². The topological polar surface area (TPSA) is 117 Å². The van der Waals surface area contributed by atoms with E-state index in [1.807, 2.05) is 54.6 Å². The van der Waals surface area contributed by atoms with Crippen LogP contribution in [0.5, 0.6) is 0 Å². The van der Waals surface area contributed by atoms with Gasteiger partial charge in [0.15, 0.2) is 0 Å². The zero-order chi connectivity index (χ0) is 35.4. The average molecular weight is 711 g/mol. The van der Waals surface area contributed by atoms with Crippen molar-refractivity contribution in [1.82, 2.24) is 5.32 Å². The maximum Gasteiger partial charge on any atom is 0.407 e. The van der Waals surface area contributed by atoms with Gasteiger partial charge in [0.25, 0.3) is 5.91 Å². The molecule has 1 aliphatic rings. The van der Waals surface area contributed by atoms with E-state index in [1.54, 1.807) is 37.1 Å². The lowest BCUT2D eigenvalue weighted by Crippen LogP contribution is -2.55. The van der Waals surface area contributed by atoms with Crippen molar-refractivity contribution in [2.75, 3.05) is 53.8 Å². The Morgan fingerprint density at radius 3 is 2.47 bits per heavy atom. The number of rotatable bonds is 16. The highest BCUT2D eigenvalue weighted by atomic mass is 32.2. The molecule has 0 aromatic heterocycles. The summed E-state index contributed by atoms with van der Waals surface area (Å²) in [7, 11) is -0.605. The fraction of sp³-hybridized carbons (Fsp3) is 0.459. The molecule has 0 unspecified atom stereocenters. The van der Waals surface area contributed by atoms with Crippen LogP contribution in [0, 0.1) is 5.92 Å². The molecule has 49 heavy (non-hydrogen) atoms. The lowest BCUT2D eigenvalue weighted by atomic mass is 10.0. The third-order valence-electron chi connectivity index (χ3n) is 8.97. The molecule has 2 amide bonds. The molecule has 1 heterocycles. The van der Waals surface area contributed by atoms with E-state index >= 15 is 0 Å². The molecule has 10 nitrogen and oxygen atoms in total. The number of carbonyl (C=O) groups is 2. The maximum absolute atomic E-state index is 13.7. The second-order valence-corrected chi connectivity index (χ2v) is 15.8. The summed E-state index contributed by atoms with van der Waals surface area (Å²) in [4.78, 5) is 29.5. The van der Waals surface area contributed by atoms with Crippen LogP contribution < -0.4 is 19.8 Å². The van der Waals surface area contributed by atoms with E-state index in [0.29, 0.717) is 25.2 Å². The van der Waals surface area contributed by atoms with Crippen LogP contribution in [0.15, 0.2) is 77.7 Å². The molecule has 0 aliphatic carbocycles. The van der Waals surface area contributed by atoms with Crippen molar-refractivity contribution in [3.05, 3.63) is 83.9 Å². The number of carbonyl (C=O) groups excluding carboxylic acids is 2. The molecule has 1 aliphatic heterocycles. The van der Waals surface area contributed by atoms with Crippen LogP contribution in [0.25, 0.3) is 0 Å². The molecule has 1 saturated heterocycles. The van der Waals surface area contributed by atoms with Crippen LogP contribution in [0.1, 0.15) is 61.9 Å². The van der Waals surface area contributed by atoms with Gasteiger partial charge in [-0.25, -0.2) is 13.2 Å². The number of amides is 2. The number of hydrogen-bond donors (Lipinski definition) is 2. The van der Waals surface area contributed by atoms with Gasteiger partial charge in [0, 0.05) is 43.5 Å². The Balaban J connectivity index is 1.42. The minimum atomic E-state index is -3.64. The quantitative estimate of drug-likeness (QED) is 0.119. The molecule has 0 saturated carbocycles. The SMILES string of the molecule is CC[C@@H](C)CCCCSc1ccc(NC(=O)c2cc(N3CC[C@H](NC(=O)OCc4ccccc4)[C@@H](OC)C3)ccc2N(C)S(C)(=O)=O)cc1. The summed E-state index contributed by atoms with van der Waals surface area (Å²) >= 11 is 1.81. The van der Waals surface area contributed by atoms with E-state index in [2.05, 4.69) is 29.4 Å². The van der Waals surface area contributed by atoms with E-state index in [-0.39, 0.29) is 30.0 Å². The van der Waals surface area contributed by atoms with E-state index < -0.39 is 22.0 Å². The summed E-state index contributed by atoms with van der Waals surface area (Å²) < 4.78 is 37.3. The van der Waals surface area contributed by atoms with Gasteiger partial charge < -0.3 is 25.0 Å². The van der Waals surface area contributed by atoms with Gasteiger partial charge >= 0.3 is 6.09 Å². The summed E-state index contributed by atoms with van der Waals surface area (Å²) in [5.41, 5.74) is 2.76. The molecule has 12 heteroatoms. The molecule has 1 fully saturated rings. The number of ether oxygens (including phenoxy) is 2. The number of piperidine rings is 1. The summed E-state index contributed by atoms with van der Waals surface area (Å²) in [6, 6.07) is 22.1. The van der Waals surface area contributed by atoms with Crippen LogP contribution in [0.2, 0.25) is 0 Å². The number of anilines is 3. The van der Waals surface area contributed by atoms with Crippen LogP contribution in [0.4, 0.5) is 21.9 Å². The van der Waals surface area contributed by atoms with Crippen molar-refractivity contribution in [2.45, 2.75) is 69.6 Å². The Bertz CT molecular complexity index is 1620. The molecule has 3 atom stereocenters. The van der Waals surface area contributed by atoms with E-state index in [9.17, 15) is 18.0 Å². The largest absolute Gasteiger partial charge is 0.445 e. The van der Waals surface area contributed by atoms with Crippen molar-refractivity contribution >= 4 is 50.8 Å². The first-order valence-corrected chi connectivity index (χ1v) is 19.7. The number of nitrogens with zero attached hydrogens (tertiary/aromatic N) is 2. The van der Waals surface area contributed by atoms with Gasteiger partial charge in [-0.1, -0.05) is 63.4 Å². The van der Waals surface area contributed by atoms with Gasteiger partial charge in [0.1, 0.15) is 6.61 Å². The number of nitrogens with one attached hydrogen (secondary N) is 2. The van der Waals surface area contributed by atoms with Gasteiger partial charge in [0.05, 0.1) is 29.7 Å². The van der Waals surface area contributed by atoms with Gasteiger partial charge in [-0.3, -0.25) is 9.10 Å². The van der Waals surface area contributed by atoms with E-state index in [0.717, 1.165) is 38.4 Å². The molecule has 3 aromatic rings. The normalized spacial score (nSPS) is 16.9. The molecule has 2 N–H and O–H groups in total. The van der Waals surface area contributed by atoms with Gasteiger partial charge in [0.2, 0.25) is 10.0 Å². The second kappa shape index (κ2) is 18.3. The lowest BCUT2D eigenvalue weighted by molar-refractivity contribution is 0.0546. The number of methoxy groups -OCH3 is 1. The maximum atomic E-state index is 13.7. The number of unbranched alkanes of at least 4 members (excludes halogenated alkanes) is 1. The van der Waals surface area contributed by atoms with Gasteiger partial charge in [-0.2, -0.15) is 0 Å². The van der Waals surface area contributed by atoms with Crippen LogP contribution in [-0.2, 0) is 26.1 Å². The van der Waals surface area contributed by atoms with Crippen molar-refractivity contribution in [3.63, 3.8) is 0 Å². The summed E-state index contributed by atoms with van der Waals surface area (Å²) in [5, 5.41) is 5.89. The minimum absolute atomic E-state index is 0.171. The van der Waals surface area contributed by atoms with Crippen molar-refractivity contribution in [1.29, 1.82) is 0 Å². The average Bonchev–Trinajstić information content (AvgIpc) is 3.10. The van der Waals surface area contributed by atoms with Crippen molar-refractivity contribution in [2.24, 2.45) is 5.92 Å². The molecular formula is C37H50N4O6S2. The number of thioether (sulfide) groups is 1. The Morgan fingerprint density at radius 1 is 1.06 bits per heavy atom. The Hall–Kier alpha value is -3.74. The molecule has 0 spiro atoms. The Morgan fingerprint density at radius 2 is 1.80 bits per heavy atom. The summed E-state index contributed by atoms with van der Waals surface area (Å²) in [5.74, 6) is 1.40. The zero-order valence-corrected chi connectivity index (χ0v) is 30.8. The van der Waals surface area contributed by atoms with Crippen LogP contribution in [0.3, 0.4) is 0 Å². The van der Waals surface area contributed by atoms with E-state index in [4.69, 9.17) is 9.47 Å². The van der Waals surface area contributed by atoms with E-state index in [1.165, 1.54) is 32.7 Å². The first-order valence-electron chi connectivity index (χ1n) is 16.9. The minimum Gasteiger partial charge on any atom is -0.445 e. The number of hydrogen-bond acceptors (Lipinski definition) is 8. The van der Waals surface area contributed by atoms with Crippen LogP contribution in [-0.4, -0.2) is 71.8 Å². The third-order valence-corrected chi connectivity index (χ3v) is 11.3. The molecule has 0 radical (unpaired) electrons.